The van der Waals surface area contributed by atoms with Crippen LogP contribution in [0.2, 0.25) is 15.2 Å². The van der Waals surface area contributed by atoms with Crippen LogP contribution < -0.4 is 5.32 Å². The summed E-state index contributed by atoms with van der Waals surface area (Å²) in [5, 5.41) is 3.81. The highest BCUT2D eigenvalue weighted by molar-refractivity contribution is 6.40. The fourth-order valence-electron chi connectivity index (χ4n) is 1.82. The Morgan fingerprint density at radius 1 is 1.24 bits per heavy atom. The van der Waals surface area contributed by atoms with Crippen LogP contribution in [0.15, 0.2) is 24.3 Å². The van der Waals surface area contributed by atoms with Crippen molar-refractivity contribution in [3.63, 3.8) is 0 Å². The number of aromatic nitrogens is 1. The van der Waals surface area contributed by atoms with Gasteiger partial charge in [0.2, 0.25) is 0 Å². The lowest BCUT2D eigenvalue weighted by Crippen LogP contribution is -2.13. The van der Waals surface area contributed by atoms with E-state index in [1.807, 2.05) is 13.8 Å². The van der Waals surface area contributed by atoms with Gasteiger partial charge in [-0.3, -0.25) is 4.79 Å². The Morgan fingerprint density at radius 2 is 1.95 bits per heavy atom. The second kappa shape index (κ2) is 6.65. The lowest BCUT2D eigenvalue weighted by Gasteiger charge is -2.11. The molecule has 0 spiro atoms. The van der Waals surface area contributed by atoms with E-state index in [9.17, 15) is 4.79 Å². The zero-order valence-electron chi connectivity index (χ0n) is 11.5. The summed E-state index contributed by atoms with van der Waals surface area (Å²) in [5.74, 6) is -0.330. The SMILES string of the molecule is CCc1cc(C(=O)Nc2c(Cl)ccc(C)c2Cl)cc(Cl)n1. The quantitative estimate of drug-likeness (QED) is 0.782. The van der Waals surface area contributed by atoms with Crippen LogP contribution in [-0.4, -0.2) is 10.9 Å². The van der Waals surface area contributed by atoms with Gasteiger partial charge in [0.05, 0.1) is 15.7 Å². The molecule has 1 N–H and O–H groups in total. The lowest BCUT2D eigenvalue weighted by molar-refractivity contribution is 0.102. The van der Waals surface area contributed by atoms with Crippen molar-refractivity contribution in [1.82, 2.24) is 4.98 Å². The number of benzene rings is 1. The third kappa shape index (κ3) is 3.67. The van der Waals surface area contributed by atoms with Crippen LogP contribution in [0, 0.1) is 6.92 Å². The number of rotatable bonds is 3. The van der Waals surface area contributed by atoms with E-state index < -0.39 is 0 Å². The molecule has 0 saturated carbocycles. The van der Waals surface area contributed by atoms with Gasteiger partial charge in [-0.05, 0) is 37.1 Å². The van der Waals surface area contributed by atoms with Gasteiger partial charge in [-0.25, -0.2) is 4.98 Å². The molecular weight excluding hydrogens is 331 g/mol. The molecule has 1 heterocycles. The number of anilines is 1. The summed E-state index contributed by atoms with van der Waals surface area (Å²) in [5.41, 5.74) is 2.39. The number of pyridine rings is 1. The van der Waals surface area contributed by atoms with Gasteiger partial charge in [-0.15, -0.1) is 0 Å². The molecule has 3 nitrogen and oxygen atoms in total. The largest absolute Gasteiger partial charge is 0.319 e. The summed E-state index contributed by atoms with van der Waals surface area (Å²) < 4.78 is 0. The molecule has 1 aromatic heterocycles. The van der Waals surface area contributed by atoms with E-state index >= 15 is 0 Å². The van der Waals surface area contributed by atoms with Crippen molar-refractivity contribution >= 4 is 46.4 Å². The van der Waals surface area contributed by atoms with Crippen LogP contribution in [0.5, 0.6) is 0 Å². The Morgan fingerprint density at radius 3 is 2.62 bits per heavy atom. The Bertz CT molecular complexity index is 702. The number of nitrogens with one attached hydrogen (secondary N) is 1. The molecule has 0 aliphatic rings. The zero-order valence-corrected chi connectivity index (χ0v) is 13.8. The Balaban J connectivity index is 2.35. The van der Waals surface area contributed by atoms with Crippen LogP contribution in [0.25, 0.3) is 0 Å². The number of halogens is 3. The summed E-state index contributed by atoms with van der Waals surface area (Å²) in [4.78, 5) is 16.5. The van der Waals surface area contributed by atoms with Gasteiger partial charge >= 0.3 is 0 Å². The van der Waals surface area contributed by atoms with E-state index in [4.69, 9.17) is 34.8 Å². The van der Waals surface area contributed by atoms with Gasteiger partial charge in [-0.2, -0.15) is 0 Å². The number of nitrogens with zero attached hydrogens (tertiary/aromatic N) is 1. The molecule has 0 aliphatic heterocycles. The number of aryl methyl sites for hydroxylation is 2. The van der Waals surface area contributed by atoms with Crippen molar-refractivity contribution in [3.8, 4) is 0 Å². The minimum Gasteiger partial charge on any atom is -0.319 e. The second-order valence-electron chi connectivity index (χ2n) is 4.53. The van der Waals surface area contributed by atoms with Gasteiger partial charge in [-0.1, -0.05) is 47.8 Å². The average molecular weight is 344 g/mol. The summed E-state index contributed by atoms with van der Waals surface area (Å²) >= 11 is 18.2. The summed E-state index contributed by atoms with van der Waals surface area (Å²) in [6.45, 7) is 3.78. The first-order valence-corrected chi connectivity index (χ1v) is 7.48. The minimum absolute atomic E-state index is 0.279. The van der Waals surface area contributed by atoms with Gasteiger partial charge < -0.3 is 5.32 Å². The molecule has 2 aromatic rings. The summed E-state index contributed by atoms with van der Waals surface area (Å²) in [6.07, 6.45) is 0.687. The molecule has 1 aromatic carbocycles. The van der Waals surface area contributed by atoms with Crippen molar-refractivity contribution < 1.29 is 4.79 Å². The fourth-order valence-corrected chi connectivity index (χ4v) is 2.51. The third-order valence-electron chi connectivity index (χ3n) is 2.99. The molecule has 0 aliphatic carbocycles. The van der Waals surface area contributed by atoms with Gasteiger partial charge in [0.1, 0.15) is 5.15 Å². The molecule has 110 valence electrons. The van der Waals surface area contributed by atoms with Crippen LogP contribution >= 0.6 is 34.8 Å². The van der Waals surface area contributed by atoms with Crippen LogP contribution in [0.3, 0.4) is 0 Å². The standard InChI is InChI=1S/C15H13Cl3N2O/c1-3-10-6-9(7-12(17)19-10)15(21)20-14-11(16)5-4-8(2)13(14)18/h4-7H,3H2,1-2H3,(H,20,21). The highest BCUT2D eigenvalue weighted by atomic mass is 35.5. The molecule has 2 rings (SSSR count). The van der Waals surface area contributed by atoms with Crippen LogP contribution in [0.4, 0.5) is 5.69 Å². The summed E-state index contributed by atoms with van der Waals surface area (Å²) in [6, 6.07) is 6.68. The van der Waals surface area contributed by atoms with E-state index in [0.717, 1.165) is 11.3 Å². The highest BCUT2D eigenvalue weighted by Crippen LogP contribution is 2.33. The Kier molecular flexibility index (Phi) is 5.09. The molecular formula is C15H13Cl3N2O. The highest BCUT2D eigenvalue weighted by Gasteiger charge is 2.14. The van der Waals surface area contributed by atoms with Crippen molar-refractivity contribution in [3.05, 3.63) is 56.3 Å². The molecule has 0 atom stereocenters. The second-order valence-corrected chi connectivity index (χ2v) is 5.70. The molecule has 0 unspecified atom stereocenters. The van der Waals surface area contributed by atoms with E-state index in [0.29, 0.717) is 27.7 Å². The van der Waals surface area contributed by atoms with Gasteiger partial charge in [0.25, 0.3) is 5.91 Å². The third-order valence-corrected chi connectivity index (χ3v) is 3.99. The van der Waals surface area contributed by atoms with Crippen LogP contribution in [-0.2, 0) is 6.42 Å². The first-order chi connectivity index (χ1) is 9.92. The topological polar surface area (TPSA) is 42.0 Å². The predicted molar refractivity (Wildman–Crippen MR) is 87.8 cm³/mol. The monoisotopic (exact) mass is 342 g/mol. The minimum atomic E-state index is -0.330. The Labute approximate surface area is 138 Å². The van der Waals surface area contributed by atoms with E-state index in [2.05, 4.69) is 10.3 Å². The summed E-state index contributed by atoms with van der Waals surface area (Å²) in [7, 11) is 0. The zero-order chi connectivity index (χ0) is 15.6. The van der Waals surface area contributed by atoms with Crippen molar-refractivity contribution in [2.24, 2.45) is 0 Å². The predicted octanol–water partition coefficient (Wildman–Crippen LogP) is 5.16. The maximum Gasteiger partial charge on any atom is 0.255 e. The molecule has 0 radical (unpaired) electrons. The van der Waals surface area contributed by atoms with E-state index in [1.165, 1.54) is 6.07 Å². The number of carbonyl (C=O) groups is 1. The van der Waals surface area contributed by atoms with Gasteiger partial charge in [0.15, 0.2) is 0 Å². The van der Waals surface area contributed by atoms with Crippen molar-refractivity contribution in [1.29, 1.82) is 0 Å². The maximum atomic E-state index is 12.3. The maximum absolute atomic E-state index is 12.3. The molecule has 6 heteroatoms. The lowest BCUT2D eigenvalue weighted by atomic mass is 10.1. The van der Waals surface area contributed by atoms with Crippen molar-refractivity contribution in [2.45, 2.75) is 20.3 Å². The fraction of sp³-hybridized carbons (Fsp3) is 0.200. The first-order valence-electron chi connectivity index (χ1n) is 6.34. The Hall–Kier alpha value is -1.29. The smallest absolute Gasteiger partial charge is 0.255 e. The molecule has 0 saturated heterocycles. The van der Waals surface area contributed by atoms with Crippen molar-refractivity contribution in [2.75, 3.05) is 5.32 Å². The van der Waals surface area contributed by atoms with Crippen LogP contribution in [0.1, 0.15) is 28.5 Å². The normalized spacial score (nSPS) is 10.5. The van der Waals surface area contributed by atoms with Gasteiger partial charge in [0, 0.05) is 11.3 Å². The van der Waals surface area contributed by atoms with E-state index in [-0.39, 0.29) is 11.1 Å². The molecule has 1 amide bonds. The number of amides is 1. The molecule has 0 bridgehead atoms. The first kappa shape index (κ1) is 16.1. The van der Waals surface area contributed by atoms with E-state index in [1.54, 1.807) is 18.2 Å². The number of hydrogen-bond acceptors (Lipinski definition) is 2. The average Bonchev–Trinajstić information content (AvgIpc) is 2.46. The molecule has 0 fully saturated rings. The number of hydrogen-bond donors (Lipinski definition) is 1. The molecule has 21 heavy (non-hydrogen) atoms. The number of carbonyl (C=O) groups excluding carboxylic acids is 1.